The van der Waals surface area contributed by atoms with Gasteiger partial charge in [-0.3, -0.25) is 14.5 Å². The number of pyridine rings is 2. The van der Waals surface area contributed by atoms with E-state index in [0.29, 0.717) is 29.8 Å². The average Bonchev–Trinajstić information content (AvgIpc) is 2.84. The maximum atomic E-state index is 13.1. The maximum absolute atomic E-state index is 13.1. The number of halogens is 1. The fourth-order valence-electron chi connectivity index (χ4n) is 4.09. The second-order valence-corrected chi connectivity index (χ2v) is 8.27. The zero-order chi connectivity index (χ0) is 22.9. The van der Waals surface area contributed by atoms with Crippen molar-refractivity contribution in [2.75, 3.05) is 31.7 Å². The molecule has 0 bridgehead atoms. The van der Waals surface area contributed by atoms with Crippen molar-refractivity contribution in [1.29, 1.82) is 0 Å². The molecule has 33 heavy (non-hydrogen) atoms. The topological polar surface area (TPSA) is 84.9 Å². The Morgan fingerprint density at radius 3 is 2.85 bits per heavy atom. The van der Waals surface area contributed by atoms with Crippen LogP contribution >= 0.6 is 11.6 Å². The maximum Gasteiger partial charge on any atom is 0.266 e. The number of benzene rings is 1. The summed E-state index contributed by atoms with van der Waals surface area (Å²) in [5.74, 6) is 1.10. The number of methoxy groups -OCH3 is 1. The highest BCUT2D eigenvalue weighted by atomic mass is 35.5. The Bertz CT molecular complexity index is 1250. The molecule has 2 aliphatic heterocycles. The highest BCUT2D eigenvalue weighted by molar-refractivity contribution is 6.29. The SMILES string of the molecule is COc1ccc2c(c1)CN(C(=O)CN1C(=O)COc3cc(-c4ccnc(Cl)c4)cnc31)CC2. The van der Waals surface area contributed by atoms with E-state index < -0.39 is 0 Å². The number of rotatable bonds is 4. The highest BCUT2D eigenvalue weighted by Gasteiger charge is 2.31. The van der Waals surface area contributed by atoms with Crippen LogP contribution in [0.5, 0.6) is 11.5 Å². The molecule has 0 fully saturated rings. The summed E-state index contributed by atoms with van der Waals surface area (Å²) in [6, 6.07) is 11.3. The lowest BCUT2D eigenvalue weighted by molar-refractivity contribution is -0.132. The lowest BCUT2D eigenvalue weighted by atomic mass is 9.99. The molecule has 0 N–H and O–H groups in total. The van der Waals surface area contributed by atoms with E-state index in [9.17, 15) is 9.59 Å². The minimum Gasteiger partial charge on any atom is -0.497 e. The predicted octanol–water partition coefficient (Wildman–Crippen LogP) is 3.12. The average molecular weight is 465 g/mol. The first kappa shape index (κ1) is 21.2. The van der Waals surface area contributed by atoms with Crippen LogP contribution in [0.2, 0.25) is 5.15 Å². The molecule has 2 aromatic heterocycles. The van der Waals surface area contributed by atoms with Crippen molar-refractivity contribution in [3.63, 3.8) is 0 Å². The molecular formula is C24H21ClN4O4. The number of ether oxygens (including phenoxy) is 2. The molecule has 0 atom stereocenters. The Kier molecular flexibility index (Phi) is 5.60. The van der Waals surface area contributed by atoms with Crippen LogP contribution < -0.4 is 14.4 Å². The number of amides is 2. The third kappa shape index (κ3) is 4.21. The number of hydrogen-bond acceptors (Lipinski definition) is 6. The zero-order valence-corrected chi connectivity index (χ0v) is 18.7. The molecule has 168 valence electrons. The molecule has 0 unspecified atom stereocenters. The summed E-state index contributed by atoms with van der Waals surface area (Å²) in [6.45, 7) is 0.828. The van der Waals surface area contributed by atoms with Gasteiger partial charge in [-0.15, -0.1) is 0 Å². The van der Waals surface area contributed by atoms with Gasteiger partial charge in [-0.25, -0.2) is 9.97 Å². The van der Waals surface area contributed by atoms with Gasteiger partial charge in [-0.05, 0) is 53.4 Å². The van der Waals surface area contributed by atoms with Gasteiger partial charge >= 0.3 is 0 Å². The molecule has 1 aromatic carbocycles. The lowest BCUT2D eigenvalue weighted by Crippen LogP contribution is -2.47. The minimum absolute atomic E-state index is 0.0953. The van der Waals surface area contributed by atoms with E-state index in [1.807, 2.05) is 24.3 Å². The number of carbonyl (C=O) groups excluding carboxylic acids is 2. The Morgan fingerprint density at radius 2 is 2.03 bits per heavy atom. The second kappa shape index (κ2) is 8.71. The predicted molar refractivity (Wildman–Crippen MR) is 122 cm³/mol. The molecule has 0 saturated heterocycles. The Hall–Kier alpha value is -3.65. The molecule has 0 aliphatic carbocycles. The fourth-order valence-corrected chi connectivity index (χ4v) is 4.27. The van der Waals surface area contributed by atoms with Crippen molar-refractivity contribution in [3.05, 3.63) is 65.1 Å². The van der Waals surface area contributed by atoms with Crippen molar-refractivity contribution < 1.29 is 19.1 Å². The van der Waals surface area contributed by atoms with E-state index in [1.165, 1.54) is 10.5 Å². The van der Waals surface area contributed by atoms with Gasteiger partial charge in [-0.1, -0.05) is 17.7 Å². The third-order valence-electron chi connectivity index (χ3n) is 5.87. The Morgan fingerprint density at radius 1 is 1.15 bits per heavy atom. The smallest absolute Gasteiger partial charge is 0.266 e. The van der Waals surface area contributed by atoms with E-state index in [1.54, 1.807) is 36.5 Å². The van der Waals surface area contributed by atoms with Crippen molar-refractivity contribution in [1.82, 2.24) is 14.9 Å². The Labute approximate surface area is 195 Å². The molecule has 5 rings (SSSR count). The van der Waals surface area contributed by atoms with Gasteiger partial charge in [0.05, 0.1) is 7.11 Å². The molecule has 8 nitrogen and oxygen atoms in total. The van der Waals surface area contributed by atoms with Crippen LogP contribution in [0.15, 0.2) is 48.8 Å². The number of nitrogens with zero attached hydrogens (tertiary/aromatic N) is 4. The first-order chi connectivity index (χ1) is 16.0. The summed E-state index contributed by atoms with van der Waals surface area (Å²) < 4.78 is 10.9. The van der Waals surface area contributed by atoms with E-state index in [2.05, 4.69) is 9.97 Å². The van der Waals surface area contributed by atoms with Crippen molar-refractivity contribution >= 4 is 29.2 Å². The number of anilines is 1. The van der Waals surface area contributed by atoms with Gasteiger partial charge < -0.3 is 14.4 Å². The van der Waals surface area contributed by atoms with Crippen LogP contribution in [0.3, 0.4) is 0 Å². The van der Waals surface area contributed by atoms with Gasteiger partial charge in [-0.2, -0.15) is 0 Å². The molecule has 0 spiro atoms. The monoisotopic (exact) mass is 464 g/mol. The summed E-state index contributed by atoms with van der Waals surface area (Å²) in [5, 5.41) is 0.370. The van der Waals surface area contributed by atoms with Crippen molar-refractivity contribution in [3.8, 4) is 22.6 Å². The van der Waals surface area contributed by atoms with Crippen molar-refractivity contribution in [2.45, 2.75) is 13.0 Å². The zero-order valence-electron chi connectivity index (χ0n) is 18.0. The normalized spacial score (nSPS) is 14.9. The Balaban J connectivity index is 1.36. The molecule has 3 aromatic rings. The summed E-state index contributed by atoms with van der Waals surface area (Å²) in [5.41, 5.74) is 3.87. The van der Waals surface area contributed by atoms with Crippen LogP contribution in [0.4, 0.5) is 5.82 Å². The lowest BCUT2D eigenvalue weighted by Gasteiger charge is -2.33. The second-order valence-electron chi connectivity index (χ2n) is 7.88. The first-order valence-electron chi connectivity index (χ1n) is 10.5. The largest absolute Gasteiger partial charge is 0.497 e. The molecule has 0 saturated carbocycles. The molecule has 0 radical (unpaired) electrons. The first-order valence-corrected chi connectivity index (χ1v) is 10.9. The van der Waals surface area contributed by atoms with Gasteiger partial charge in [0.1, 0.15) is 17.4 Å². The van der Waals surface area contributed by atoms with E-state index >= 15 is 0 Å². The molecule has 4 heterocycles. The summed E-state index contributed by atoms with van der Waals surface area (Å²) in [7, 11) is 1.62. The summed E-state index contributed by atoms with van der Waals surface area (Å²) in [6.07, 6.45) is 4.00. The molecule has 9 heteroatoms. The van der Waals surface area contributed by atoms with Gasteiger partial charge in [0.25, 0.3) is 5.91 Å². The van der Waals surface area contributed by atoms with Crippen LogP contribution in [0.1, 0.15) is 11.1 Å². The molecule has 2 aliphatic rings. The molecule has 2 amide bonds. The number of carbonyl (C=O) groups is 2. The number of aromatic nitrogens is 2. The van der Waals surface area contributed by atoms with Gasteiger partial charge in [0, 0.05) is 31.0 Å². The van der Waals surface area contributed by atoms with E-state index in [4.69, 9.17) is 21.1 Å². The fraction of sp³-hybridized carbons (Fsp3) is 0.250. The van der Waals surface area contributed by atoms with E-state index in [0.717, 1.165) is 28.9 Å². The van der Waals surface area contributed by atoms with Crippen molar-refractivity contribution in [2.24, 2.45) is 0 Å². The number of fused-ring (bicyclic) bond motifs is 2. The van der Waals surface area contributed by atoms with Crippen LogP contribution in [0, 0.1) is 0 Å². The molecular weight excluding hydrogens is 444 g/mol. The summed E-state index contributed by atoms with van der Waals surface area (Å²) >= 11 is 6.00. The minimum atomic E-state index is -0.304. The summed E-state index contributed by atoms with van der Waals surface area (Å²) in [4.78, 5) is 37.3. The quantitative estimate of drug-likeness (QED) is 0.551. The van der Waals surface area contributed by atoms with Gasteiger partial charge in [0.2, 0.25) is 5.91 Å². The highest BCUT2D eigenvalue weighted by Crippen LogP contribution is 2.34. The van der Waals surface area contributed by atoms with Crippen LogP contribution in [-0.4, -0.2) is 53.5 Å². The van der Waals surface area contributed by atoms with Crippen LogP contribution in [-0.2, 0) is 22.6 Å². The standard InChI is InChI=1S/C24H21ClN4O4/c1-32-19-3-2-15-5-7-28(12-18(15)8-19)22(30)13-29-23(31)14-33-20-9-17(11-27-24(20)29)16-4-6-26-21(25)10-16/h2-4,6,8-11H,5,7,12-14H2,1H3. The van der Waals surface area contributed by atoms with E-state index in [-0.39, 0.29) is 25.0 Å². The van der Waals surface area contributed by atoms with Gasteiger partial charge in [0.15, 0.2) is 18.2 Å². The van der Waals surface area contributed by atoms with Crippen LogP contribution in [0.25, 0.3) is 11.1 Å². The third-order valence-corrected chi connectivity index (χ3v) is 6.08. The number of hydrogen-bond donors (Lipinski definition) is 0.